The van der Waals surface area contributed by atoms with Crippen molar-refractivity contribution in [3.63, 3.8) is 0 Å². The Bertz CT molecular complexity index is 168. The summed E-state index contributed by atoms with van der Waals surface area (Å²) in [6.07, 6.45) is 0.750. The summed E-state index contributed by atoms with van der Waals surface area (Å²) < 4.78 is 0. The average molecular weight is 174 g/mol. The second kappa shape index (κ2) is 7.91. The van der Waals surface area contributed by atoms with Crippen LogP contribution in [0.15, 0.2) is 0 Å². The molecule has 70 valence electrons. The van der Waals surface area contributed by atoms with Crippen molar-refractivity contribution in [3.05, 3.63) is 0 Å². The fraction of sp³-hybridized carbons (Fsp3) is 0.625. The van der Waals surface area contributed by atoms with E-state index in [4.69, 9.17) is 5.11 Å². The molecule has 4 nitrogen and oxygen atoms in total. The topological polar surface area (TPSA) is 71.4 Å². The number of carboxylic acids is 1. The van der Waals surface area contributed by atoms with E-state index >= 15 is 0 Å². The quantitative estimate of drug-likeness (QED) is 0.649. The van der Waals surface area contributed by atoms with Gasteiger partial charge in [0.2, 0.25) is 5.78 Å². The molecule has 1 N–H and O–H groups in total. The van der Waals surface area contributed by atoms with E-state index in [-0.39, 0.29) is 12.2 Å². The van der Waals surface area contributed by atoms with Crippen molar-refractivity contribution in [3.8, 4) is 0 Å². The van der Waals surface area contributed by atoms with E-state index in [2.05, 4.69) is 0 Å². The lowest BCUT2D eigenvalue weighted by atomic mass is 10.2. The molecule has 0 rings (SSSR count). The molecule has 0 aromatic rings. The lowest BCUT2D eigenvalue weighted by Crippen LogP contribution is -2.10. The van der Waals surface area contributed by atoms with Crippen molar-refractivity contribution < 1.29 is 19.5 Å². The number of carbonyl (C=O) groups is 3. The monoisotopic (exact) mass is 174 g/mol. The van der Waals surface area contributed by atoms with E-state index in [1.165, 1.54) is 13.8 Å². The highest BCUT2D eigenvalue weighted by Crippen LogP contribution is 1.87. The summed E-state index contributed by atoms with van der Waals surface area (Å²) in [4.78, 5) is 29.3. The molecule has 4 heteroatoms. The van der Waals surface area contributed by atoms with Gasteiger partial charge in [-0.1, -0.05) is 6.92 Å². The van der Waals surface area contributed by atoms with Gasteiger partial charge in [-0.3, -0.25) is 4.79 Å². The summed E-state index contributed by atoms with van der Waals surface area (Å²) in [5.41, 5.74) is 0. The number of ketones is 2. The van der Waals surface area contributed by atoms with Gasteiger partial charge < -0.3 is 9.90 Å². The first-order valence-corrected chi connectivity index (χ1v) is 3.65. The maximum Gasteiger partial charge on any atom is 0.372 e. The first-order chi connectivity index (χ1) is 5.41. The lowest BCUT2D eigenvalue weighted by Gasteiger charge is -1.85. The third-order valence-electron chi connectivity index (χ3n) is 0.716. The Morgan fingerprint density at radius 1 is 1.17 bits per heavy atom. The summed E-state index contributed by atoms with van der Waals surface area (Å²) in [7, 11) is 0. The van der Waals surface area contributed by atoms with Crippen LogP contribution in [0.4, 0.5) is 0 Å². The van der Waals surface area contributed by atoms with Gasteiger partial charge in [-0.25, -0.2) is 4.79 Å². The van der Waals surface area contributed by atoms with Crippen LogP contribution >= 0.6 is 0 Å². The van der Waals surface area contributed by atoms with Crippen LogP contribution in [-0.4, -0.2) is 22.6 Å². The molecule has 0 aliphatic heterocycles. The molecule has 0 aromatic carbocycles. The molecule has 0 atom stereocenters. The van der Waals surface area contributed by atoms with E-state index in [1.54, 1.807) is 6.92 Å². The van der Waals surface area contributed by atoms with Crippen molar-refractivity contribution in [2.24, 2.45) is 0 Å². The second-order valence-electron chi connectivity index (χ2n) is 2.39. The van der Waals surface area contributed by atoms with Crippen molar-refractivity contribution in [1.82, 2.24) is 0 Å². The van der Waals surface area contributed by atoms with Crippen LogP contribution in [0.3, 0.4) is 0 Å². The van der Waals surface area contributed by atoms with Crippen LogP contribution in [0.5, 0.6) is 0 Å². The van der Waals surface area contributed by atoms with Crippen molar-refractivity contribution >= 4 is 17.5 Å². The minimum atomic E-state index is -1.33. The van der Waals surface area contributed by atoms with Crippen LogP contribution in [0, 0.1) is 0 Å². The highest BCUT2D eigenvalue weighted by Gasteiger charge is 2.07. The van der Waals surface area contributed by atoms with Crippen LogP contribution in [0.2, 0.25) is 0 Å². The summed E-state index contributed by atoms with van der Waals surface area (Å²) in [6.45, 7) is 4.82. The zero-order valence-electron chi connectivity index (χ0n) is 7.59. The molecule has 0 unspecified atom stereocenters. The first-order valence-electron chi connectivity index (χ1n) is 3.65. The van der Waals surface area contributed by atoms with E-state index < -0.39 is 11.8 Å². The highest BCUT2D eigenvalue weighted by molar-refractivity contribution is 6.32. The number of rotatable bonds is 3. The van der Waals surface area contributed by atoms with Crippen LogP contribution in [-0.2, 0) is 14.4 Å². The number of hydrogen-bond donors (Lipinski definition) is 1. The molecule has 0 radical (unpaired) electrons. The maximum atomic E-state index is 10.1. The molecule has 0 aliphatic carbocycles. The van der Waals surface area contributed by atoms with Crippen molar-refractivity contribution in [2.45, 2.75) is 33.6 Å². The largest absolute Gasteiger partial charge is 0.476 e. The molecule has 0 spiro atoms. The third kappa shape index (κ3) is 15.9. The Kier molecular flexibility index (Phi) is 8.84. The Hall–Kier alpha value is -1.19. The van der Waals surface area contributed by atoms with Crippen molar-refractivity contribution in [1.29, 1.82) is 0 Å². The van der Waals surface area contributed by atoms with Gasteiger partial charge in [-0.05, 0) is 20.3 Å². The molecule has 12 heavy (non-hydrogen) atoms. The smallest absolute Gasteiger partial charge is 0.372 e. The highest BCUT2D eigenvalue weighted by atomic mass is 16.4. The normalized spacial score (nSPS) is 7.92. The van der Waals surface area contributed by atoms with E-state index in [0.29, 0.717) is 6.42 Å². The molecule has 0 aromatic heterocycles. The van der Waals surface area contributed by atoms with Gasteiger partial charge in [0.05, 0.1) is 0 Å². The summed E-state index contributed by atoms with van der Waals surface area (Å²) in [6, 6.07) is 0. The summed E-state index contributed by atoms with van der Waals surface area (Å²) in [5, 5.41) is 7.96. The van der Waals surface area contributed by atoms with Gasteiger partial charge in [0.1, 0.15) is 5.78 Å². The predicted molar refractivity (Wildman–Crippen MR) is 43.9 cm³/mol. The lowest BCUT2D eigenvalue weighted by molar-refractivity contribution is -0.149. The minimum Gasteiger partial charge on any atom is -0.476 e. The predicted octanol–water partition coefficient (Wildman–Crippen LogP) is 1.04. The van der Waals surface area contributed by atoms with Crippen molar-refractivity contribution in [2.75, 3.05) is 0 Å². The SMILES string of the molecule is CC(C)=O.CCCC(=O)C(=O)O. The Morgan fingerprint density at radius 3 is 1.58 bits per heavy atom. The Morgan fingerprint density at radius 2 is 1.50 bits per heavy atom. The zero-order chi connectivity index (χ0) is 10.1. The molecule has 0 aliphatic rings. The number of hydrogen-bond acceptors (Lipinski definition) is 3. The molecule has 0 saturated heterocycles. The van der Waals surface area contributed by atoms with E-state index in [1.807, 2.05) is 0 Å². The summed E-state index contributed by atoms with van der Waals surface area (Å²) >= 11 is 0. The number of aliphatic carboxylic acids is 1. The molecular formula is C8H14O4. The molecule has 0 fully saturated rings. The van der Waals surface area contributed by atoms with Gasteiger partial charge in [0, 0.05) is 6.42 Å². The Balaban J connectivity index is 0. The number of Topliss-reactive ketones (excluding diaryl/α,β-unsaturated/α-hetero) is 2. The molecular weight excluding hydrogens is 160 g/mol. The second-order valence-corrected chi connectivity index (χ2v) is 2.39. The van der Waals surface area contributed by atoms with Crippen LogP contribution in [0.25, 0.3) is 0 Å². The van der Waals surface area contributed by atoms with Gasteiger partial charge in [-0.2, -0.15) is 0 Å². The van der Waals surface area contributed by atoms with E-state index in [0.717, 1.165) is 0 Å². The Labute approximate surface area is 71.6 Å². The maximum absolute atomic E-state index is 10.1. The standard InChI is InChI=1S/C5H8O3.C3H6O/c1-2-3-4(6)5(7)8;1-3(2)4/h2-3H2,1H3,(H,7,8);1-2H3. The zero-order valence-corrected chi connectivity index (χ0v) is 7.59. The first kappa shape index (κ1) is 13.4. The van der Waals surface area contributed by atoms with Crippen LogP contribution in [0.1, 0.15) is 33.6 Å². The van der Waals surface area contributed by atoms with Gasteiger partial charge in [-0.15, -0.1) is 0 Å². The van der Waals surface area contributed by atoms with Gasteiger partial charge in [0.15, 0.2) is 0 Å². The van der Waals surface area contributed by atoms with Gasteiger partial charge >= 0.3 is 5.97 Å². The molecule has 0 bridgehead atoms. The van der Waals surface area contributed by atoms with Crippen LogP contribution < -0.4 is 0 Å². The molecule has 0 amide bonds. The third-order valence-corrected chi connectivity index (χ3v) is 0.716. The molecule has 0 saturated carbocycles. The minimum absolute atomic E-state index is 0.148. The number of carbonyl (C=O) groups excluding carboxylic acids is 2. The summed E-state index contributed by atoms with van der Waals surface area (Å²) in [5.74, 6) is -1.86. The van der Waals surface area contributed by atoms with E-state index in [9.17, 15) is 14.4 Å². The fourth-order valence-electron chi connectivity index (χ4n) is 0.334. The number of carboxylic acid groups (broad SMARTS) is 1. The van der Waals surface area contributed by atoms with Gasteiger partial charge in [0.25, 0.3) is 0 Å². The average Bonchev–Trinajstić information content (AvgIpc) is 1.86. The molecule has 0 heterocycles. The fourth-order valence-corrected chi connectivity index (χ4v) is 0.334.